The molecule has 0 atom stereocenters. The fourth-order valence-electron chi connectivity index (χ4n) is 2.12. The van der Waals surface area contributed by atoms with Crippen LogP contribution in [0, 0.1) is 5.92 Å². The number of benzene rings is 1. The quantitative estimate of drug-likeness (QED) is 0.896. The van der Waals surface area contributed by atoms with Crippen LogP contribution in [0.4, 0.5) is 0 Å². The van der Waals surface area contributed by atoms with Crippen molar-refractivity contribution in [2.75, 3.05) is 0 Å². The Morgan fingerprint density at radius 2 is 2.25 bits per heavy atom. The molecule has 0 amide bonds. The molecule has 1 aliphatic carbocycles. The molecule has 1 fully saturated rings. The Morgan fingerprint density at radius 3 is 2.75 bits per heavy atom. The number of rotatable bonds is 3. The summed E-state index contributed by atoms with van der Waals surface area (Å²) in [4.78, 5) is 12.2. The van der Waals surface area contributed by atoms with Crippen molar-refractivity contribution in [1.82, 2.24) is 0 Å². The van der Waals surface area contributed by atoms with Gasteiger partial charge in [0.1, 0.15) is 4.75 Å². The number of thioether (sulfide) groups is 1. The number of halogens is 1. The van der Waals surface area contributed by atoms with Gasteiger partial charge in [-0.3, -0.25) is 4.79 Å². The third-order valence-electron chi connectivity index (χ3n) is 2.86. The molecule has 0 radical (unpaired) electrons. The third-order valence-corrected chi connectivity index (χ3v) is 4.48. The molecule has 0 spiro atoms. The van der Waals surface area contributed by atoms with Crippen molar-refractivity contribution in [3.8, 4) is 0 Å². The highest BCUT2D eigenvalue weighted by Gasteiger charge is 2.49. The van der Waals surface area contributed by atoms with Crippen LogP contribution in [0.5, 0.6) is 0 Å². The fraction of sp³-hybridized carbons (Fsp3) is 0.417. The molecule has 0 bridgehead atoms. The van der Waals surface area contributed by atoms with Crippen molar-refractivity contribution >= 4 is 29.3 Å². The highest BCUT2D eigenvalue weighted by atomic mass is 35.5. The van der Waals surface area contributed by atoms with Gasteiger partial charge < -0.3 is 5.11 Å². The van der Waals surface area contributed by atoms with Gasteiger partial charge in [0.25, 0.3) is 0 Å². The van der Waals surface area contributed by atoms with Crippen molar-refractivity contribution in [1.29, 1.82) is 0 Å². The molecule has 86 valence electrons. The van der Waals surface area contributed by atoms with Crippen LogP contribution in [0.3, 0.4) is 0 Å². The lowest BCUT2D eigenvalue weighted by atomic mass is 9.75. The summed E-state index contributed by atoms with van der Waals surface area (Å²) in [6, 6.07) is 7.37. The zero-order chi connectivity index (χ0) is 11.8. The minimum atomic E-state index is -0.712. The van der Waals surface area contributed by atoms with E-state index in [-0.39, 0.29) is 0 Å². The van der Waals surface area contributed by atoms with Crippen molar-refractivity contribution < 1.29 is 9.90 Å². The molecule has 16 heavy (non-hydrogen) atoms. The molecule has 0 unspecified atom stereocenters. The largest absolute Gasteiger partial charge is 0.480 e. The van der Waals surface area contributed by atoms with Gasteiger partial charge in [-0.25, -0.2) is 0 Å². The van der Waals surface area contributed by atoms with Crippen LogP contribution < -0.4 is 0 Å². The van der Waals surface area contributed by atoms with Crippen molar-refractivity contribution in [2.24, 2.45) is 5.92 Å². The molecule has 0 aromatic heterocycles. The zero-order valence-corrected chi connectivity index (χ0v) is 10.5. The summed E-state index contributed by atoms with van der Waals surface area (Å²) in [7, 11) is 0. The summed E-state index contributed by atoms with van der Waals surface area (Å²) in [6.07, 6.45) is 1.47. The summed E-state index contributed by atoms with van der Waals surface area (Å²) in [5.74, 6) is -0.210. The summed E-state index contributed by atoms with van der Waals surface area (Å²) in [6.45, 7) is 2.08. The van der Waals surface area contributed by atoms with Gasteiger partial charge in [0.05, 0.1) is 0 Å². The number of aliphatic carboxylic acids is 1. The Morgan fingerprint density at radius 1 is 1.56 bits per heavy atom. The molecule has 2 rings (SSSR count). The Kier molecular flexibility index (Phi) is 3.17. The Hall–Kier alpha value is -0.670. The summed E-state index contributed by atoms with van der Waals surface area (Å²) in [5.41, 5.74) is 0. The first-order valence-corrected chi connectivity index (χ1v) is 6.39. The van der Waals surface area contributed by atoms with Crippen LogP contribution >= 0.6 is 23.4 Å². The van der Waals surface area contributed by atoms with Gasteiger partial charge in [0.15, 0.2) is 0 Å². The fourth-order valence-corrected chi connectivity index (χ4v) is 3.99. The molecule has 1 aromatic carbocycles. The van der Waals surface area contributed by atoms with Gasteiger partial charge in [-0.1, -0.05) is 24.6 Å². The Bertz CT molecular complexity index is 413. The predicted molar refractivity (Wildman–Crippen MR) is 66.1 cm³/mol. The third kappa shape index (κ3) is 2.20. The first-order chi connectivity index (χ1) is 7.52. The Balaban J connectivity index is 2.16. The molecular weight excluding hydrogens is 244 g/mol. The van der Waals surface area contributed by atoms with E-state index in [0.717, 1.165) is 17.7 Å². The van der Waals surface area contributed by atoms with Crippen molar-refractivity contribution in [2.45, 2.75) is 29.4 Å². The predicted octanol–water partition coefficient (Wildman–Crippen LogP) is 3.69. The van der Waals surface area contributed by atoms with E-state index in [1.165, 1.54) is 11.8 Å². The average Bonchev–Trinajstić information content (AvgIpc) is 2.14. The van der Waals surface area contributed by atoms with E-state index in [9.17, 15) is 9.90 Å². The van der Waals surface area contributed by atoms with Crippen LogP contribution in [0.1, 0.15) is 19.8 Å². The molecule has 0 aliphatic heterocycles. The van der Waals surface area contributed by atoms with Gasteiger partial charge in [-0.15, -0.1) is 11.8 Å². The lowest BCUT2D eigenvalue weighted by Crippen LogP contribution is -2.46. The van der Waals surface area contributed by atoms with Gasteiger partial charge in [-0.05, 0) is 37.0 Å². The van der Waals surface area contributed by atoms with E-state index in [4.69, 9.17) is 11.6 Å². The normalized spacial score (nSPS) is 28.5. The maximum atomic E-state index is 11.3. The topological polar surface area (TPSA) is 37.3 Å². The van der Waals surface area contributed by atoms with Gasteiger partial charge >= 0.3 is 5.97 Å². The number of carboxylic acid groups (broad SMARTS) is 1. The van der Waals surface area contributed by atoms with E-state index < -0.39 is 10.7 Å². The lowest BCUT2D eigenvalue weighted by Gasteiger charge is -2.42. The standard InChI is InChI=1S/C12H13ClO2S/c1-8-6-12(7-8,11(14)15)16-10-4-2-3-9(13)5-10/h2-5,8H,6-7H2,1H3,(H,14,15). The molecular formula is C12H13ClO2S. The second kappa shape index (κ2) is 4.30. The second-order valence-electron chi connectivity index (χ2n) is 4.37. The van der Waals surface area contributed by atoms with Gasteiger partial charge in [-0.2, -0.15) is 0 Å². The van der Waals surface area contributed by atoms with E-state index in [1.807, 2.05) is 18.2 Å². The second-order valence-corrected chi connectivity index (χ2v) is 6.27. The first kappa shape index (κ1) is 11.8. The SMILES string of the molecule is CC1CC(Sc2cccc(Cl)c2)(C(=O)O)C1. The average molecular weight is 257 g/mol. The van der Waals surface area contributed by atoms with Crippen molar-refractivity contribution in [3.05, 3.63) is 29.3 Å². The molecule has 0 saturated heterocycles. The van der Waals surface area contributed by atoms with Crippen LogP contribution in [0.2, 0.25) is 5.02 Å². The number of carboxylic acids is 1. The van der Waals surface area contributed by atoms with E-state index in [2.05, 4.69) is 6.92 Å². The smallest absolute Gasteiger partial charge is 0.320 e. The number of hydrogen-bond donors (Lipinski definition) is 1. The highest BCUT2D eigenvalue weighted by Crippen LogP contribution is 2.51. The summed E-state index contributed by atoms with van der Waals surface area (Å²) in [5, 5.41) is 9.93. The number of carbonyl (C=O) groups is 1. The molecule has 1 aliphatic rings. The minimum Gasteiger partial charge on any atom is -0.480 e. The molecule has 0 heterocycles. The molecule has 1 N–H and O–H groups in total. The first-order valence-electron chi connectivity index (χ1n) is 5.20. The maximum absolute atomic E-state index is 11.3. The van der Waals surface area contributed by atoms with Gasteiger partial charge in [0.2, 0.25) is 0 Å². The zero-order valence-electron chi connectivity index (χ0n) is 8.94. The molecule has 2 nitrogen and oxygen atoms in total. The molecule has 1 aromatic rings. The van der Waals surface area contributed by atoms with E-state index in [0.29, 0.717) is 10.9 Å². The highest BCUT2D eigenvalue weighted by molar-refractivity contribution is 8.01. The molecule has 1 saturated carbocycles. The molecule has 4 heteroatoms. The van der Waals surface area contributed by atoms with Crippen LogP contribution in [0.15, 0.2) is 29.2 Å². The monoisotopic (exact) mass is 256 g/mol. The van der Waals surface area contributed by atoms with E-state index >= 15 is 0 Å². The van der Waals surface area contributed by atoms with E-state index in [1.54, 1.807) is 6.07 Å². The Labute approximate surface area is 104 Å². The minimum absolute atomic E-state index is 0.503. The summed E-state index contributed by atoms with van der Waals surface area (Å²) >= 11 is 7.30. The summed E-state index contributed by atoms with van der Waals surface area (Å²) < 4.78 is -0.635. The van der Waals surface area contributed by atoms with Crippen molar-refractivity contribution in [3.63, 3.8) is 0 Å². The van der Waals surface area contributed by atoms with Gasteiger partial charge in [0, 0.05) is 9.92 Å². The number of hydrogen-bond acceptors (Lipinski definition) is 2. The van der Waals surface area contributed by atoms with Crippen LogP contribution in [0.25, 0.3) is 0 Å². The maximum Gasteiger partial charge on any atom is 0.320 e. The van der Waals surface area contributed by atoms with Crippen LogP contribution in [-0.2, 0) is 4.79 Å². The van der Waals surface area contributed by atoms with Crippen LogP contribution in [-0.4, -0.2) is 15.8 Å². The lowest BCUT2D eigenvalue weighted by molar-refractivity contribution is -0.143.